The van der Waals surface area contributed by atoms with Crippen LogP contribution in [0.3, 0.4) is 0 Å². The second kappa shape index (κ2) is 10.9. The number of aromatic nitrogens is 3. The molecule has 0 aliphatic heterocycles. The van der Waals surface area contributed by atoms with Gasteiger partial charge < -0.3 is 19.0 Å². The molecule has 0 bridgehead atoms. The first-order valence-corrected chi connectivity index (χ1v) is 11.7. The molecule has 1 amide bonds. The van der Waals surface area contributed by atoms with Gasteiger partial charge in [0, 0.05) is 6.54 Å². The average molecular weight is 463 g/mol. The molecule has 8 heteroatoms. The molecule has 0 radical (unpaired) electrons. The molecule has 4 aromatic rings. The SMILES string of the molecule is COc1ccccc1-c1nnc(SCC(=O)NC(C)c2ccco2)n1CCc1ccccc1. The average Bonchev–Trinajstić information content (AvgIpc) is 3.52. The van der Waals surface area contributed by atoms with E-state index in [2.05, 4.69) is 32.2 Å². The number of hydrogen-bond donors (Lipinski definition) is 1. The van der Waals surface area contributed by atoms with Crippen LogP contribution in [0.4, 0.5) is 0 Å². The fourth-order valence-electron chi connectivity index (χ4n) is 3.53. The molecular formula is C25H26N4O3S. The summed E-state index contributed by atoms with van der Waals surface area (Å²) in [6.45, 7) is 2.57. The molecule has 0 spiro atoms. The van der Waals surface area contributed by atoms with Gasteiger partial charge in [-0.3, -0.25) is 4.79 Å². The summed E-state index contributed by atoms with van der Waals surface area (Å²) in [5.41, 5.74) is 2.08. The number of nitrogens with one attached hydrogen (secondary N) is 1. The number of thioether (sulfide) groups is 1. The minimum absolute atomic E-state index is 0.0969. The summed E-state index contributed by atoms with van der Waals surface area (Å²) in [5.74, 6) is 2.29. The van der Waals surface area contributed by atoms with E-state index in [1.54, 1.807) is 19.4 Å². The summed E-state index contributed by atoms with van der Waals surface area (Å²) in [7, 11) is 1.64. The van der Waals surface area contributed by atoms with Crippen LogP contribution in [0.15, 0.2) is 82.6 Å². The number of hydrogen-bond acceptors (Lipinski definition) is 6. The highest BCUT2D eigenvalue weighted by Crippen LogP contribution is 2.31. The van der Waals surface area contributed by atoms with Gasteiger partial charge in [0.05, 0.1) is 30.7 Å². The third kappa shape index (κ3) is 5.64. The molecule has 2 heterocycles. The summed E-state index contributed by atoms with van der Waals surface area (Å²) in [5, 5.41) is 12.5. The number of para-hydroxylation sites is 1. The molecule has 0 fully saturated rings. The standard InChI is InChI=1S/C25H26N4O3S/c1-18(21-13-8-16-32-21)26-23(30)17-33-25-28-27-24(20-11-6-7-12-22(20)31-2)29(25)15-14-19-9-4-3-5-10-19/h3-13,16,18H,14-15,17H2,1-2H3,(H,26,30). The highest BCUT2D eigenvalue weighted by molar-refractivity contribution is 7.99. The zero-order valence-corrected chi connectivity index (χ0v) is 19.4. The Bertz CT molecular complexity index is 1180. The predicted molar refractivity (Wildman–Crippen MR) is 128 cm³/mol. The van der Waals surface area contributed by atoms with Crippen molar-refractivity contribution in [1.82, 2.24) is 20.1 Å². The molecule has 1 N–H and O–H groups in total. The monoisotopic (exact) mass is 462 g/mol. The number of furan rings is 1. The van der Waals surface area contributed by atoms with Crippen molar-refractivity contribution in [2.75, 3.05) is 12.9 Å². The third-order valence-corrected chi connectivity index (χ3v) is 6.18. The number of benzene rings is 2. The molecule has 0 saturated carbocycles. The smallest absolute Gasteiger partial charge is 0.231 e. The van der Waals surface area contributed by atoms with Gasteiger partial charge >= 0.3 is 0 Å². The van der Waals surface area contributed by atoms with Gasteiger partial charge in [0.15, 0.2) is 11.0 Å². The summed E-state index contributed by atoms with van der Waals surface area (Å²) >= 11 is 1.36. The zero-order valence-electron chi connectivity index (χ0n) is 18.6. The van der Waals surface area contributed by atoms with Crippen LogP contribution in [0.2, 0.25) is 0 Å². The van der Waals surface area contributed by atoms with E-state index in [0.29, 0.717) is 11.7 Å². The van der Waals surface area contributed by atoms with Crippen LogP contribution in [0.25, 0.3) is 11.4 Å². The Morgan fingerprint density at radius 3 is 2.64 bits per heavy atom. The Kier molecular flexibility index (Phi) is 7.47. The summed E-state index contributed by atoms with van der Waals surface area (Å²) in [6, 6.07) is 21.5. The largest absolute Gasteiger partial charge is 0.496 e. The Morgan fingerprint density at radius 2 is 1.88 bits per heavy atom. The molecule has 7 nitrogen and oxygen atoms in total. The maximum Gasteiger partial charge on any atom is 0.231 e. The van der Waals surface area contributed by atoms with Crippen LogP contribution in [-0.2, 0) is 17.8 Å². The van der Waals surface area contributed by atoms with Gasteiger partial charge in [0.25, 0.3) is 0 Å². The summed E-state index contributed by atoms with van der Waals surface area (Å²) in [6.07, 6.45) is 2.41. The van der Waals surface area contributed by atoms with E-state index >= 15 is 0 Å². The number of rotatable bonds is 10. The number of carbonyl (C=O) groups is 1. The lowest BCUT2D eigenvalue weighted by Gasteiger charge is -2.13. The van der Waals surface area contributed by atoms with Crippen molar-refractivity contribution in [2.45, 2.75) is 31.1 Å². The van der Waals surface area contributed by atoms with Crippen LogP contribution < -0.4 is 10.1 Å². The first-order chi connectivity index (χ1) is 16.2. The van der Waals surface area contributed by atoms with Gasteiger partial charge in [-0.15, -0.1) is 10.2 Å². The molecule has 2 aromatic heterocycles. The van der Waals surface area contributed by atoms with E-state index < -0.39 is 0 Å². The highest BCUT2D eigenvalue weighted by Gasteiger charge is 2.19. The quantitative estimate of drug-likeness (QED) is 0.342. The van der Waals surface area contributed by atoms with Crippen molar-refractivity contribution in [3.63, 3.8) is 0 Å². The normalized spacial score (nSPS) is 11.8. The molecule has 170 valence electrons. The fourth-order valence-corrected chi connectivity index (χ4v) is 4.31. The van der Waals surface area contributed by atoms with E-state index in [1.165, 1.54) is 17.3 Å². The molecule has 33 heavy (non-hydrogen) atoms. The maximum absolute atomic E-state index is 12.5. The Hall–Kier alpha value is -3.52. The van der Waals surface area contributed by atoms with E-state index in [4.69, 9.17) is 9.15 Å². The topological polar surface area (TPSA) is 82.2 Å². The predicted octanol–water partition coefficient (Wildman–Crippen LogP) is 4.76. The number of carbonyl (C=O) groups excluding carboxylic acids is 1. The van der Waals surface area contributed by atoms with Crippen LogP contribution in [0, 0.1) is 0 Å². The van der Waals surface area contributed by atoms with Crippen molar-refractivity contribution >= 4 is 17.7 Å². The number of methoxy groups -OCH3 is 1. The molecule has 1 unspecified atom stereocenters. The van der Waals surface area contributed by atoms with Crippen LogP contribution >= 0.6 is 11.8 Å². The van der Waals surface area contributed by atoms with Crippen LogP contribution in [0.1, 0.15) is 24.3 Å². The molecule has 4 rings (SSSR count). The molecule has 0 saturated heterocycles. The van der Waals surface area contributed by atoms with Gasteiger partial charge in [-0.25, -0.2) is 0 Å². The van der Waals surface area contributed by atoms with E-state index in [0.717, 1.165) is 29.3 Å². The first kappa shape index (κ1) is 22.7. The Labute approximate surface area is 197 Å². The lowest BCUT2D eigenvalue weighted by molar-refractivity contribution is -0.119. The highest BCUT2D eigenvalue weighted by atomic mass is 32.2. The minimum atomic E-state index is -0.201. The second-order valence-electron chi connectivity index (χ2n) is 7.49. The molecule has 1 atom stereocenters. The number of ether oxygens (including phenoxy) is 1. The number of nitrogens with zero attached hydrogens (tertiary/aromatic N) is 3. The Balaban J connectivity index is 1.52. The van der Waals surface area contributed by atoms with Gasteiger partial charge in [0.1, 0.15) is 11.5 Å². The van der Waals surface area contributed by atoms with Gasteiger partial charge in [-0.1, -0.05) is 54.2 Å². The van der Waals surface area contributed by atoms with Crippen molar-refractivity contribution in [3.8, 4) is 17.1 Å². The third-order valence-electron chi connectivity index (χ3n) is 5.21. The van der Waals surface area contributed by atoms with Crippen molar-refractivity contribution in [2.24, 2.45) is 0 Å². The second-order valence-corrected chi connectivity index (χ2v) is 8.43. The zero-order chi connectivity index (χ0) is 23.0. The summed E-state index contributed by atoms with van der Waals surface area (Å²) < 4.78 is 13.0. The van der Waals surface area contributed by atoms with Gasteiger partial charge in [0.2, 0.25) is 5.91 Å². The van der Waals surface area contributed by atoms with Crippen molar-refractivity contribution < 1.29 is 13.9 Å². The summed E-state index contributed by atoms with van der Waals surface area (Å²) in [4.78, 5) is 12.5. The van der Waals surface area contributed by atoms with Crippen LogP contribution in [0.5, 0.6) is 5.75 Å². The fraction of sp³-hybridized carbons (Fsp3) is 0.240. The van der Waals surface area contributed by atoms with E-state index in [1.807, 2.05) is 55.5 Å². The number of aryl methyl sites for hydroxylation is 1. The first-order valence-electron chi connectivity index (χ1n) is 10.7. The molecule has 0 aliphatic carbocycles. The van der Waals surface area contributed by atoms with Crippen LogP contribution in [-0.4, -0.2) is 33.5 Å². The molecule has 0 aliphatic rings. The molecular weight excluding hydrogens is 436 g/mol. The molecule has 2 aromatic carbocycles. The maximum atomic E-state index is 12.5. The minimum Gasteiger partial charge on any atom is -0.496 e. The van der Waals surface area contributed by atoms with Crippen molar-refractivity contribution in [3.05, 3.63) is 84.3 Å². The van der Waals surface area contributed by atoms with E-state index in [-0.39, 0.29) is 17.7 Å². The van der Waals surface area contributed by atoms with Crippen molar-refractivity contribution in [1.29, 1.82) is 0 Å². The lowest BCUT2D eigenvalue weighted by atomic mass is 10.1. The van der Waals surface area contributed by atoms with E-state index in [9.17, 15) is 4.79 Å². The Morgan fingerprint density at radius 1 is 1.09 bits per heavy atom. The van der Waals surface area contributed by atoms with Gasteiger partial charge in [-0.2, -0.15) is 0 Å². The lowest BCUT2D eigenvalue weighted by Crippen LogP contribution is -2.28. The number of amides is 1. The van der Waals surface area contributed by atoms with Gasteiger partial charge in [-0.05, 0) is 43.2 Å².